The van der Waals surface area contributed by atoms with Crippen molar-refractivity contribution in [3.8, 4) is 0 Å². The third-order valence-electron chi connectivity index (χ3n) is 7.07. The Morgan fingerprint density at radius 2 is 1.58 bits per heavy atom. The number of ketones is 1. The van der Waals surface area contributed by atoms with E-state index in [0.29, 0.717) is 45.2 Å². The van der Waals surface area contributed by atoms with Gasteiger partial charge in [-0.3, -0.25) is 14.5 Å². The van der Waals surface area contributed by atoms with E-state index >= 15 is 0 Å². The number of hydrogen-bond acceptors (Lipinski definition) is 9. The lowest BCUT2D eigenvalue weighted by atomic mass is 9.99. The molecule has 1 aromatic carbocycles. The number of likely N-dealkylation sites (tertiary alicyclic amines) is 1. The van der Waals surface area contributed by atoms with Crippen molar-refractivity contribution in [2.24, 2.45) is 0 Å². The average Bonchev–Trinajstić information content (AvgIpc) is 3.57. The maximum Gasteiger partial charge on any atom is 0.295 e. The zero-order valence-corrected chi connectivity index (χ0v) is 21.8. The minimum atomic E-state index is -3.72. The summed E-state index contributed by atoms with van der Waals surface area (Å²) in [6.45, 7) is 5.22. The number of Topliss-reactive ketones (excluding diaryl/α,β-unsaturated/α-hetero) is 1. The van der Waals surface area contributed by atoms with Crippen LogP contribution in [-0.4, -0.2) is 105 Å². The number of benzene rings is 1. The number of sulfonamides is 1. The maximum absolute atomic E-state index is 13.1. The standard InChI is InChI=1S/C26H31N3O8S/c30-24(19-4-6-20(7-5-19)38(33,34)28-12-17-36-18-13-28)22-23(21-3-1-14-37-21)29(26(32)25(22)31)9-2-8-27-10-15-35-16-11-27/h1,3-7,14,23,30H,2,8-13,15-18H2/t23-/m1/s1. The molecule has 11 nitrogen and oxygen atoms in total. The summed E-state index contributed by atoms with van der Waals surface area (Å²) in [4.78, 5) is 30.0. The minimum Gasteiger partial charge on any atom is -0.507 e. The van der Waals surface area contributed by atoms with Gasteiger partial charge in [0.2, 0.25) is 10.0 Å². The minimum absolute atomic E-state index is 0.0714. The zero-order chi connectivity index (χ0) is 26.7. The van der Waals surface area contributed by atoms with Crippen LogP contribution in [0.1, 0.15) is 23.8 Å². The van der Waals surface area contributed by atoms with Crippen molar-refractivity contribution in [1.29, 1.82) is 0 Å². The summed E-state index contributed by atoms with van der Waals surface area (Å²) < 4.78 is 43.4. The molecule has 0 spiro atoms. The Morgan fingerprint density at radius 3 is 2.21 bits per heavy atom. The lowest BCUT2D eigenvalue weighted by Gasteiger charge is -2.28. The van der Waals surface area contributed by atoms with Gasteiger partial charge in [0, 0.05) is 44.8 Å². The van der Waals surface area contributed by atoms with E-state index in [4.69, 9.17) is 13.9 Å². The van der Waals surface area contributed by atoms with Crippen molar-refractivity contribution < 1.29 is 37.0 Å². The van der Waals surface area contributed by atoms with E-state index in [1.165, 1.54) is 39.7 Å². The number of ether oxygens (including phenoxy) is 2. The van der Waals surface area contributed by atoms with Crippen LogP contribution in [-0.2, 0) is 29.1 Å². The van der Waals surface area contributed by atoms with Crippen LogP contribution >= 0.6 is 0 Å². The summed E-state index contributed by atoms with van der Waals surface area (Å²) in [6.07, 6.45) is 2.09. The maximum atomic E-state index is 13.1. The smallest absolute Gasteiger partial charge is 0.295 e. The summed E-state index contributed by atoms with van der Waals surface area (Å²) in [6, 6.07) is 8.10. The highest BCUT2D eigenvalue weighted by Gasteiger charge is 2.47. The summed E-state index contributed by atoms with van der Waals surface area (Å²) >= 11 is 0. The molecule has 3 aliphatic heterocycles. The first-order valence-electron chi connectivity index (χ1n) is 12.7. The molecule has 0 radical (unpaired) electrons. The van der Waals surface area contributed by atoms with Gasteiger partial charge in [0.05, 0.1) is 43.2 Å². The van der Waals surface area contributed by atoms with Crippen LogP contribution in [0, 0.1) is 0 Å². The first kappa shape index (κ1) is 26.6. The molecule has 5 rings (SSSR count). The highest BCUT2D eigenvalue weighted by Crippen LogP contribution is 2.39. The molecule has 204 valence electrons. The Morgan fingerprint density at radius 1 is 0.921 bits per heavy atom. The van der Waals surface area contributed by atoms with Gasteiger partial charge in [0.1, 0.15) is 17.6 Å². The van der Waals surface area contributed by atoms with E-state index in [9.17, 15) is 23.1 Å². The van der Waals surface area contributed by atoms with Gasteiger partial charge in [-0.2, -0.15) is 4.31 Å². The molecule has 3 saturated heterocycles. The highest BCUT2D eigenvalue weighted by atomic mass is 32.2. The fraction of sp³-hybridized carbons (Fsp3) is 0.462. The quantitative estimate of drug-likeness (QED) is 0.298. The SMILES string of the molecule is O=C1C(=O)N(CCCN2CCOCC2)[C@H](c2ccco2)C1=C(O)c1ccc(S(=O)(=O)N2CCOCC2)cc1. The molecule has 2 aromatic rings. The van der Waals surface area contributed by atoms with Crippen LogP contribution in [0.5, 0.6) is 0 Å². The monoisotopic (exact) mass is 545 g/mol. The van der Waals surface area contributed by atoms with Crippen molar-refractivity contribution in [1.82, 2.24) is 14.1 Å². The van der Waals surface area contributed by atoms with Gasteiger partial charge in [0.15, 0.2) is 0 Å². The van der Waals surface area contributed by atoms with E-state index in [1.54, 1.807) is 12.1 Å². The second kappa shape index (κ2) is 11.4. The lowest BCUT2D eigenvalue weighted by Crippen LogP contribution is -2.40. The Hall–Kier alpha value is -3.03. The third-order valence-corrected chi connectivity index (χ3v) is 8.98. The summed E-state index contributed by atoms with van der Waals surface area (Å²) in [5, 5.41) is 11.2. The second-order valence-corrected chi connectivity index (χ2v) is 11.3. The number of aliphatic hydroxyl groups is 1. The summed E-state index contributed by atoms with van der Waals surface area (Å²) in [5.74, 6) is -1.53. The van der Waals surface area contributed by atoms with Gasteiger partial charge in [0.25, 0.3) is 11.7 Å². The number of carbonyl (C=O) groups is 2. The van der Waals surface area contributed by atoms with Gasteiger partial charge < -0.3 is 23.9 Å². The van der Waals surface area contributed by atoms with E-state index in [1.807, 2.05) is 0 Å². The molecule has 0 bridgehead atoms. The molecule has 1 atom stereocenters. The number of nitrogens with zero attached hydrogens (tertiary/aromatic N) is 3. The molecule has 1 aromatic heterocycles. The van der Waals surface area contributed by atoms with E-state index in [2.05, 4.69) is 4.90 Å². The van der Waals surface area contributed by atoms with Crippen LogP contribution in [0.4, 0.5) is 0 Å². The largest absolute Gasteiger partial charge is 0.507 e. The zero-order valence-electron chi connectivity index (χ0n) is 21.0. The number of aliphatic hydroxyl groups excluding tert-OH is 1. The topological polar surface area (TPSA) is 130 Å². The molecule has 0 saturated carbocycles. The van der Waals surface area contributed by atoms with Gasteiger partial charge in [-0.1, -0.05) is 0 Å². The van der Waals surface area contributed by atoms with Crippen LogP contribution in [0.25, 0.3) is 5.76 Å². The van der Waals surface area contributed by atoms with Crippen molar-refractivity contribution >= 4 is 27.5 Å². The van der Waals surface area contributed by atoms with Crippen LogP contribution in [0.3, 0.4) is 0 Å². The molecule has 1 amide bonds. The molecular formula is C26H31N3O8S. The number of hydrogen-bond donors (Lipinski definition) is 1. The van der Waals surface area contributed by atoms with Crippen molar-refractivity contribution in [3.05, 3.63) is 59.6 Å². The number of carbonyl (C=O) groups excluding carboxylic acids is 2. The van der Waals surface area contributed by atoms with Crippen LogP contribution < -0.4 is 0 Å². The third kappa shape index (κ3) is 5.27. The van der Waals surface area contributed by atoms with Crippen LogP contribution in [0.15, 0.2) is 57.5 Å². The van der Waals surface area contributed by atoms with Gasteiger partial charge in [-0.15, -0.1) is 0 Å². The number of morpholine rings is 2. The summed E-state index contributed by atoms with van der Waals surface area (Å²) in [7, 11) is -3.72. The van der Waals surface area contributed by atoms with Crippen molar-refractivity contribution in [2.45, 2.75) is 17.4 Å². The van der Waals surface area contributed by atoms with Crippen LogP contribution in [0.2, 0.25) is 0 Å². The van der Waals surface area contributed by atoms with Gasteiger partial charge >= 0.3 is 0 Å². The predicted molar refractivity (Wildman–Crippen MR) is 136 cm³/mol. The lowest BCUT2D eigenvalue weighted by molar-refractivity contribution is -0.140. The first-order valence-corrected chi connectivity index (χ1v) is 14.1. The van der Waals surface area contributed by atoms with Crippen molar-refractivity contribution in [3.63, 3.8) is 0 Å². The Bertz CT molecular complexity index is 1280. The highest BCUT2D eigenvalue weighted by molar-refractivity contribution is 7.89. The normalized spacial score (nSPS) is 23.3. The van der Waals surface area contributed by atoms with E-state index < -0.39 is 27.8 Å². The molecule has 38 heavy (non-hydrogen) atoms. The second-order valence-electron chi connectivity index (χ2n) is 9.36. The summed E-state index contributed by atoms with van der Waals surface area (Å²) in [5.41, 5.74) is 0.147. The number of amides is 1. The molecule has 1 N–H and O–H groups in total. The van der Waals surface area contributed by atoms with Crippen molar-refractivity contribution in [2.75, 3.05) is 65.7 Å². The van der Waals surface area contributed by atoms with E-state index in [0.717, 1.165) is 19.6 Å². The molecule has 12 heteroatoms. The molecule has 0 unspecified atom stereocenters. The Kier molecular flexibility index (Phi) is 7.96. The van der Waals surface area contributed by atoms with Gasteiger partial charge in [-0.05, 0) is 42.8 Å². The fourth-order valence-electron chi connectivity index (χ4n) is 5.02. The Balaban J connectivity index is 1.40. The molecule has 3 aliphatic rings. The number of rotatable bonds is 8. The Labute approximate surface area is 221 Å². The molecule has 4 heterocycles. The molecular weight excluding hydrogens is 514 g/mol. The molecule has 3 fully saturated rings. The predicted octanol–water partition coefficient (Wildman–Crippen LogP) is 1.44. The van der Waals surface area contributed by atoms with E-state index in [-0.39, 0.29) is 34.9 Å². The molecule has 0 aliphatic carbocycles. The number of furan rings is 1. The average molecular weight is 546 g/mol. The fourth-order valence-corrected chi connectivity index (χ4v) is 6.43. The van der Waals surface area contributed by atoms with Gasteiger partial charge in [-0.25, -0.2) is 8.42 Å². The first-order chi connectivity index (χ1) is 18.4.